The largest absolute Gasteiger partial charge is 0.438 e. The van der Waals surface area contributed by atoms with Gasteiger partial charge in [-0.1, -0.05) is 0 Å². The molecule has 54 valence electrons. The first-order valence-electron chi connectivity index (χ1n) is 2.66. The molecule has 5 heteroatoms. The molecule has 0 N–H and O–H groups in total. The van der Waals surface area contributed by atoms with Crippen LogP contribution in [0, 0.1) is 6.92 Å². The first-order chi connectivity index (χ1) is 4.61. The van der Waals surface area contributed by atoms with Gasteiger partial charge in [-0.2, -0.15) is 5.10 Å². The maximum Gasteiger partial charge on any atom is 0.438 e. The maximum atomic E-state index is 10.5. The summed E-state index contributed by atoms with van der Waals surface area (Å²) >= 11 is 0. The molecule has 0 radical (unpaired) electrons. The number of aryl methyl sites for hydroxylation is 2. The Kier molecular flexibility index (Phi) is 1.41. The van der Waals surface area contributed by atoms with Crippen molar-refractivity contribution < 1.29 is 4.42 Å². The first-order valence-corrected chi connectivity index (χ1v) is 2.66. The fourth-order valence-corrected chi connectivity index (χ4v) is 0.526. The van der Waals surface area contributed by atoms with Crippen molar-refractivity contribution in [2.24, 2.45) is 7.05 Å². The van der Waals surface area contributed by atoms with Gasteiger partial charge in [0, 0.05) is 7.05 Å². The van der Waals surface area contributed by atoms with Gasteiger partial charge in [-0.3, -0.25) is 0 Å². The summed E-state index contributed by atoms with van der Waals surface area (Å²) in [5.41, 5.74) is -0.495. The van der Waals surface area contributed by atoms with Crippen molar-refractivity contribution in [3.8, 4) is 0 Å². The molecule has 0 atom stereocenters. The van der Waals surface area contributed by atoms with E-state index in [2.05, 4.69) is 9.52 Å². The van der Waals surface area contributed by atoms with E-state index in [0.717, 1.165) is 4.68 Å². The number of rotatable bonds is 0. The third-order valence-electron chi connectivity index (χ3n) is 1.04. The monoisotopic (exact) mass is 142 g/mol. The quantitative estimate of drug-likeness (QED) is 0.468. The lowest BCUT2D eigenvalue weighted by atomic mass is 10.6. The molecule has 0 amide bonds. The van der Waals surface area contributed by atoms with Gasteiger partial charge in [-0.25, -0.2) is 14.3 Å². The molecule has 1 heterocycles. The van der Waals surface area contributed by atoms with E-state index in [9.17, 15) is 9.59 Å². The van der Waals surface area contributed by atoms with E-state index >= 15 is 0 Å². The van der Waals surface area contributed by atoms with Crippen molar-refractivity contribution >= 4 is 0 Å². The Balaban J connectivity index is 3.59. The van der Waals surface area contributed by atoms with Crippen LogP contribution in [0.1, 0.15) is 5.69 Å². The molecule has 1 aromatic heterocycles. The highest BCUT2D eigenvalue weighted by atomic mass is 16.4. The van der Waals surface area contributed by atoms with E-state index in [4.69, 9.17) is 0 Å². The van der Waals surface area contributed by atoms with E-state index in [1.165, 1.54) is 14.0 Å². The van der Waals surface area contributed by atoms with Crippen molar-refractivity contribution in [2.75, 3.05) is 0 Å². The summed E-state index contributed by atoms with van der Waals surface area (Å²) in [5, 5.41) is 3.57. The van der Waals surface area contributed by atoms with E-state index in [1.807, 2.05) is 0 Å². The van der Waals surface area contributed by atoms with E-state index in [1.54, 1.807) is 0 Å². The molecule has 0 aliphatic rings. The van der Waals surface area contributed by atoms with Crippen LogP contribution in [0.25, 0.3) is 0 Å². The molecule has 0 aromatic carbocycles. The van der Waals surface area contributed by atoms with Crippen molar-refractivity contribution in [3.63, 3.8) is 0 Å². The second-order valence-corrected chi connectivity index (χ2v) is 1.86. The molecule has 0 bridgehead atoms. The highest BCUT2D eigenvalue weighted by Crippen LogP contribution is 1.72. The molecule has 0 saturated carbocycles. The Bertz CT molecular complexity index is 317. The first kappa shape index (κ1) is 6.73. The predicted octanol–water partition coefficient (Wildman–Crippen LogP) is -0.958. The normalized spacial score (nSPS) is 9.80. The zero-order valence-electron chi connectivity index (χ0n) is 5.62. The lowest BCUT2D eigenvalue weighted by Gasteiger charge is -1.91. The average molecular weight is 142 g/mol. The summed E-state index contributed by atoms with van der Waals surface area (Å²) in [4.78, 5) is 21.1. The molecule has 1 aromatic rings. The van der Waals surface area contributed by atoms with Gasteiger partial charge in [0.05, 0.1) is 0 Å². The summed E-state index contributed by atoms with van der Waals surface area (Å²) < 4.78 is 5.20. The topological polar surface area (TPSA) is 65.1 Å². The van der Waals surface area contributed by atoms with Gasteiger partial charge in [0.25, 0.3) is 0 Å². The number of hydrogen-bond acceptors (Lipinski definition) is 4. The predicted molar refractivity (Wildman–Crippen MR) is 32.8 cm³/mol. The van der Waals surface area contributed by atoms with Crippen LogP contribution in [0.2, 0.25) is 0 Å². The van der Waals surface area contributed by atoms with Gasteiger partial charge in [-0.05, 0) is 6.92 Å². The lowest BCUT2D eigenvalue weighted by molar-refractivity contribution is 0.382. The molecular weight excluding hydrogens is 136 g/mol. The number of nitrogens with zero attached hydrogens (tertiary/aromatic N) is 2. The zero-order chi connectivity index (χ0) is 7.72. The molecule has 0 fully saturated rings. The second-order valence-electron chi connectivity index (χ2n) is 1.86. The fraction of sp³-hybridized carbons (Fsp3) is 0.400. The van der Waals surface area contributed by atoms with Crippen LogP contribution in [-0.4, -0.2) is 9.78 Å². The molecular formula is C5H6N2O3. The van der Waals surface area contributed by atoms with Crippen LogP contribution < -0.4 is 11.4 Å². The minimum atomic E-state index is -0.740. The highest BCUT2D eigenvalue weighted by Gasteiger charge is 1.98. The summed E-state index contributed by atoms with van der Waals surface area (Å²) in [6, 6.07) is 0. The van der Waals surface area contributed by atoms with E-state index < -0.39 is 11.4 Å². The molecule has 5 nitrogen and oxygen atoms in total. The molecule has 0 spiro atoms. The third kappa shape index (κ3) is 0.975. The Hall–Kier alpha value is -1.39. The minimum absolute atomic E-state index is 0.183. The molecule has 0 aliphatic heterocycles. The smallest absolute Gasteiger partial charge is 0.370 e. The van der Waals surface area contributed by atoms with E-state index in [0.29, 0.717) is 0 Å². The molecule has 0 unspecified atom stereocenters. The maximum absolute atomic E-state index is 10.5. The standard InChI is InChI=1S/C5H6N2O3/c1-3-4(8)10-5(9)7(2)6-3/h1-2H3. The number of aromatic nitrogens is 2. The Labute approximate surface area is 55.9 Å². The van der Waals surface area contributed by atoms with E-state index in [-0.39, 0.29) is 5.69 Å². The van der Waals surface area contributed by atoms with Crippen molar-refractivity contribution in [1.82, 2.24) is 9.78 Å². The summed E-state index contributed by atoms with van der Waals surface area (Å²) in [6.45, 7) is 1.48. The third-order valence-corrected chi connectivity index (χ3v) is 1.04. The highest BCUT2D eigenvalue weighted by molar-refractivity contribution is 4.83. The van der Waals surface area contributed by atoms with Gasteiger partial charge in [0.2, 0.25) is 0 Å². The summed E-state index contributed by atoms with van der Waals surface area (Å²) in [5.74, 6) is -0.740. The summed E-state index contributed by atoms with van der Waals surface area (Å²) in [7, 11) is 1.41. The van der Waals surface area contributed by atoms with Crippen LogP contribution in [0.4, 0.5) is 0 Å². The van der Waals surface area contributed by atoms with Crippen molar-refractivity contribution in [2.45, 2.75) is 6.92 Å². The summed E-state index contributed by atoms with van der Waals surface area (Å²) in [6.07, 6.45) is 0. The molecule has 0 aliphatic carbocycles. The molecule has 0 saturated heterocycles. The minimum Gasteiger partial charge on any atom is -0.370 e. The van der Waals surface area contributed by atoms with Gasteiger partial charge >= 0.3 is 11.4 Å². The SMILES string of the molecule is Cc1nn(C)c(=O)oc1=O. The van der Waals surface area contributed by atoms with Gasteiger partial charge in [-0.15, -0.1) is 0 Å². The van der Waals surface area contributed by atoms with Crippen LogP contribution in [0.5, 0.6) is 0 Å². The van der Waals surface area contributed by atoms with Crippen LogP contribution in [0.3, 0.4) is 0 Å². The number of hydrogen-bond donors (Lipinski definition) is 0. The Morgan fingerprint density at radius 2 is 2.10 bits per heavy atom. The van der Waals surface area contributed by atoms with Crippen LogP contribution in [-0.2, 0) is 7.05 Å². The van der Waals surface area contributed by atoms with Crippen molar-refractivity contribution in [3.05, 3.63) is 26.7 Å². The van der Waals surface area contributed by atoms with Crippen LogP contribution >= 0.6 is 0 Å². The van der Waals surface area contributed by atoms with Crippen molar-refractivity contribution in [1.29, 1.82) is 0 Å². The Morgan fingerprint density at radius 1 is 1.50 bits per heavy atom. The average Bonchev–Trinajstić information content (AvgIpc) is 1.84. The van der Waals surface area contributed by atoms with Gasteiger partial charge in [0.1, 0.15) is 5.69 Å². The second kappa shape index (κ2) is 2.09. The van der Waals surface area contributed by atoms with Gasteiger partial charge in [0.15, 0.2) is 0 Å². The van der Waals surface area contributed by atoms with Crippen LogP contribution in [0.15, 0.2) is 14.0 Å². The fourth-order valence-electron chi connectivity index (χ4n) is 0.526. The zero-order valence-corrected chi connectivity index (χ0v) is 5.62. The molecule has 1 rings (SSSR count). The Morgan fingerprint density at radius 3 is 2.60 bits per heavy atom. The van der Waals surface area contributed by atoms with Gasteiger partial charge < -0.3 is 4.42 Å². The molecule has 10 heavy (non-hydrogen) atoms. The lowest BCUT2D eigenvalue weighted by Crippen LogP contribution is -2.26.